The molecule has 1 heterocycles. The van der Waals surface area contributed by atoms with Crippen molar-refractivity contribution in [2.45, 2.75) is 46.6 Å². The minimum Gasteiger partial charge on any atom is -0.340 e. The zero-order valence-corrected chi connectivity index (χ0v) is 12.2. The van der Waals surface area contributed by atoms with Gasteiger partial charge in [-0.3, -0.25) is 9.69 Å². The Morgan fingerprint density at radius 3 is 2.22 bits per heavy atom. The van der Waals surface area contributed by atoms with Gasteiger partial charge in [0.15, 0.2) is 0 Å². The van der Waals surface area contributed by atoms with Crippen LogP contribution in [0.2, 0.25) is 0 Å². The monoisotopic (exact) mass is 250 g/mol. The number of piperazine rings is 1. The number of rotatable bonds is 3. The van der Waals surface area contributed by atoms with E-state index in [4.69, 9.17) is 0 Å². The van der Waals surface area contributed by atoms with Crippen molar-refractivity contribution in [3.8, 4) is 11.8 Å². The largest absolute Gasteiger partial charge is 0.340 e. The van der Waals surface area contributed by atoms with E-state index < -0.39 is 0 Å². The zero-order valence-electron chi connectivity index (χ0n) is 12.2. The summed E-state index contributed by atoms with van der Waals surface area (Å²) < 4.78 is 0. The Morgan fingerprint density at radius 1 is 1.11 bits per heavy atom. The van der Waals surface area contributed by atoms with E-state index in [-0.39, 0.29) is 5.91 Å². The summed E-state index contributed by atoms with van der Waals surface area (Å²) in [6.45, 7) is 12.3. The van der Waals surface area contributed by atoms with Crippen LogP contribution in [0.1, 0.15) is 40.5 Å². The van der Waals surface area contributed by atoms with Gasteiger partial charge in [0.1, 0.15) is 0 Å². The predicted molar refractivity (Wildman–Crippen MR) is 75.1 cm³/mol. The van der Waals surface area contributed by atoms with Gasteiger partial charge in [0, 0.05) is 51.0 Å². The molecule has 1 amide bonds. The first-order valence-electron chi connectivity index (χ1n) is 7.01. The van der Waals surface area contributed by atoms with Gasteiger partial charge in [0.2, 0.25) is 5.91 Å². The van der Waals surface area contributed by atoms with E-state index in [0.717, 1.165) is 26.2 Å². The third kappa shape index (κ3) is 5.10. The average molecular weight is 250 g/mol. The number of hydrogen-bond donors (Lipinski definition) is 0. The molecule has 0 unspecified atom stereocenters. The molecule has 1 fully saturated rings. The van der Waals surface area contributed by atoms with Crippen molar-refractivity contribution in [1.82, 2.24) is 9.80 Å². The first-order valence-corrected chi connectivity index (χ1v) is 7.01. The summed E-state index contributed by atoms with van der Waals surface area (Å²) in [6, 6.07) is 0.583. The molecule has 0 aromatic heterocycles. The SMILES string of the molecule is CC(C)C#CCCC(=O)N1CCN(C(C)C)CC1. The van der Waals surface area contributed by atoms with E-state index in [0.29, 0.717) is 24.8 Å². The molecule has 0 saturated carbocycles. The number of hydrogen-bond acceptors (Lipinski definition) is 2. The Bertz CT molecular complexity index is 317. The molecule has 0 bridgehead atoms. The fourth-order valence-electron chi connectivity index (χ4n) is 2.09. The van der Waals surface area contributed by atoms with Gasteiger partial charge in [0.05, 0.1) is 0 Å². The van der Waals surface area contributed by atoms with E-state index in [1.807, 2.05) is 4.90 Å². The molecular weight excluding hydrogens is 224 g/mol. The maximum atomic E-state index is 12.0. The van der Waals surface area contributed by atoms with Crippen LogP contribution < -0.4 is 0 Å². The van der Waals surface area contributed by atoms with Gasteiger partial charge in [-0.1, -0.05) is 13.8 Å². The molecule has 102 valence electrons. The molecule has 0 aromatic carbocycles. The molecule has 0 atom stereocenters. The van der Waals surface area contributed by atoms with Crippen molar-refractivity contribution in [3.05, 3.63) is 0 Å². The van der Waals surface area contributed by atoms with Gasteiger partial charge >= 0.3 is 0 Å². The molecule has 0 aromatic rings. The molecule has 0 radical (unpaired) electrons. The molecule has 0 spiro atoms. The smallest absolute Gasteiger partial charge is 0.223 e. The average Bonchev–Trinajstić information content (AvgIpc) is 2.34. The lowest BCUT2D eigenvalue weighted by molar-refractivity contribution is -0.133. The summed E-state index contributed by atoms with van der Waals surface area (Å²) in [5, 5.41) is 0. The van der Waals surface area contributed by atoms with Crippen molar-refractivity contribution in [1.29, 1.82) is 0 Å². The van der Waals surface area contributed by atoms with Gasteiger partial charge < -0.3 is 4.90 Å². The highest BCUT2D eigenvalue weighted by atomic mass is 16.2. The van der Waals surface area contributed by atoms with Crippen LogP contribution in [0.25, 0.3) is 0 Å². The Hall–Kier alpha value is -1.01. The fraction of sp³-hybridized carbons (Fsp3) is 0.800. The van der Waals surface area contributed by atoms with Gasteiger partial charge in [-0.25, -0.2) is 0 Å². The number of nitrogens with zero attached hydrogens (tertiary/aromatic N) is 2. The van der Waals surface area contributed by atoms with Gasteiger partial charge in [0.25, 0.3) is 0 Å². The maximum Gasteiger partial charge on any atom is 0.223 e. The van der Waals surface area contributed by atoms with E-state index in [2.05, 4.69) is 44.4 Å². The minimum atomic E-state index is 0.261. The summed E-state index contributed by atoms with van der Waals surface area (Å²) in [7, 11) is 0. The van der Waals surface area contributed by atoms with Crippen LogP contribution in [0.3, 0.4) is 0 Å². The van der Waals surface area contributed by atoms with Crippen LogP contribution in [-0.2, 0) is 4.79 Å². The van der Waals surface area contributed by atoms with Crippen molar-refractivity contribution in [2.75, 3.05) is 26.2 Å². The predicted octanol–water partition coefficient (Wildman–Crippen LogP) is 1.98. The summed E-state index contributed by atoms with van der Waals surface area (Å²) in [5.41, 5.74) is 0. The lowest BCUT2D eigenvalue weighted by atomic mass is 10.2. The van der Waals surface area contributed by atoms with Crippen LogP contribution >= 0.6 is 0 Å². The molecular formula is C15H26N2O. The topological polar surface area (TPSA) is 23.6 Å². The third-order valence-electron chi connectivity index (χ3n) is 3.25. The van der Waals surface area contributed by atoms with Crippen molar-refractivity contribution >= 4 is 5.91 Å². The van der Waals surface area contributed by atoms with Gasteiger partial charge in [-0.05, 0) is 13.8 Å². The fourth-order valence-corrected chi connectivity index (χ4v) is 2.09. The third-order valence-corrected chi connectivity index (χ3v) is 3.25. The molecule has 3 nitrogen and oxygen atoms in total. The van der Waals surface area contributed by atoms with E-state index in [9.17, 15) is 4.79 Å². The Morgan fingerprint density at radius 2 is 1.72 bits per heavy atom. The number of carbonyl (C=O) groups is 1. The first kappa shape index (κ1) is 15.0. The van der Waals surface area contributed by atoms with Crippen LogP contribution in [0.15, 0.2) is 0 Å². The Balaban J connectivity index is 2.26. The van der Waals surface area contributed by atoms with Crippen LogP contribution in [0.4, 0.5) is 0 Å². The quantitative estimate of drug-likeness (QED) is 0.715. The summed E-state index contributed by atoms with van der Waals surface area (Å²) in [5.74, 6) is 6.83. The number of amides is 1. The van der Waals surface area contributed by atoms with E-state index in [1.54, 1.807) is 0 Å². The van der Waals surface area contributed by atoms with Crippen molar-refractivity contribution in [3.63, 3.8) is 0 Å². The normalized spacial score (nSPS) is 16.9. The molecule has 0 N–H and O–H groups in total. The summed E-state index contributed by atoms with van der Waals surface area (Å²) in [4.78, 5) is 16.4. The summed E-state index contributed by atoms with van der Waals surface area (Å²) in [6.07, 6.45) is 1.27. The second-order valence-electron chi connectivity index (χ2n) is 5.49. The van der Waals surface area contributed by atoms with Crippen LogP contribution in [0.5, 0.6) is 0 Å². The zero-order chi connectivity index (χ0) is 13.5. The van der Waals surface area contributed by atoms with Crippen molar-refractivity contribution in [2.24, 2.45) is 5.92 Å². The Kier molecular flexibility index (Phi) is 6.21. The standard InChI is InChI=1S/C15H26N2O/c1-13(2)7-5-6-8-15(18)17-11-9-16(10-12-17)14(3)4/h13-14H,6,8-12H2,1-4H3. The van der Waals surface area contributed by atoms with E-state index in [1.165, 1.54) is 0 Å². The van der Waals surface area contributed by atoms with Crippen LogP contribution in [0, 0.1) is 17.8 Å². The molecule has 1 aliphatic heterocycles. The van der Waals surface area contributed by atoms with E-state index >= 15 is 0 Å². The molecule has 0 aliphatic carbocycles. The van der Waals surface area contributed by atoms with Crippen molar-refractivity contribution < 1.29 is 4.79 Å². The van der Waals surface area contributed by atoms with Gasteiger partial charge in [-0.15, -0.1) is 11.8 Å². The molecule has 18 heavy (non-hydrogen) atoms. The summed E-state index contributed by atoms with van der Waals surface area (Å²) >= 11 is 0. The highest BCUT2D eigenvalue weighted by molar-refractivity contribution is 5.76. The molecule has 1 rings (SSSR count). The lowest BCUT2D eigenvalue weighted by Gasteiger charge is -2.36. The second kappa shape index (κ2) is 7.43. The van der Waals surface area contributed by atoms with Crippen LogP contribution in [-0.4, -0.2) is 47.9 Å². The van der Waals surface area contributed by atoms with Gasteiger partial charge in [-0.2, -0.15) is 0 Å². The minimum absolute atomic E-state index is 0.261. The Labute approximate surface area is 112 Å². The second-order valence-corrected chi connectivity index (χ2v) is 5.49. The highest BCUT2D eigenvalue weighted by Crippen LogP contribution is 2.07. The highest BCUT2D eigenvalue weighted by Gasteiger charge is 2.21. The molecule has 1 saturated heterocycles. The number of carbonyl (C=O) groups excluding carboxylic acids is 1. The maximum absolute atomic E-state index is 12.0. The first-order chi connectivity index (χ1) is 8.50. The molecule has 1 aliphatic rings. The lowest BCUT2D eigenvalue weighted by Crippen LogP contribution is -2.50. The molecule has 3 heteroatoms.